The zero-order valence-electron chi connectivity index (χ0n) is 35.4. The molecule has 0 saturated heterocycles. The minimum Gasteiger partial charge on any atom is -0.465 e. The van der Waals surface area contributed by atoms with E-state index in [1.54, 1.807) is 0 Å². The number of alkyl halides is 12. The molecule has 0 aliphatic heterocycles. The van der Waals surface area contributed by atoms with Crippen LogP contribution in [0.15, 0.2) is 83.3 Å². The van der Waals surface area contributed by atoms with E-state index in [1.165, 1.54) is 69.3 Å². The molecule has 4 aromatic rings. The zero-order valence-corrected chi connectivity index (χ0v) is 37.0. The van der Waals surface area contributed by atoms with Crippen LogP contribution in [0.1, 0.15) is 55.3 Å². The van der Waals surface area contributed by atoms with Gasteiger partial charge < -0.3 is 45.0 Å². The lowest BCUT2D eigenvalue weighted by molar-refractivity contribution is -0.275. The number of para-hydroxylation sites is 2. The molecule has 0 aliphatic carbocycles. The van der Waals surface area contributed by atoms with Crippen molar-refractivity contribution < 1.29 is 105 Å². The number of ketones is 1. The van der Waals surface area contributed by atoms with Gasteiger partial charge in [0.25, 0.3) is 0 Å². The molecule has 4 N–H and O–H groups in total. The van der Waals surface area contributed by atoms with Crippen LogP contribution in [0.5, 0.6) is 23.0 Å². The second kappa shape index (κ2) is 25.6. The number of ether oxygens (including phenoxy) is 5. The summed E-state index contributed by atoms with van der Waals surface area (Å²) >= 11 is 3.01. The van der Waals surface area contributed by atoms with Gasteiger partial charge in [-0.2, -0.15) is 0 Å². The lowest BCUT2D eigenvalue weighted by Gasteiger charge is -2.14. The molecule has 0 fully saturated rings. The Balaban J connectivity index is 0.000000455. The number of halogens is 13. The molecule has 0 saturated carbocycles. The van der Waals surface area contributed by atoms with Crippen LogP contribution in [0.3, 0.4) is 0 Å². The average Bonchev–Trinajstić information content (AvgIpc) is 3.15. The highest BCUT2D eigenvalue weighted by molar-refractivity contribution is 9.10. The van der Waals surface area contributed by atoms with Crippen LogP contribution in [0.25, 0.3) is 0 Å². The number of rotatable bonds is 10. The Morgan fingerprint density at radius 3 is 1.09 bits per heavy atom. The van der Waals surface area contributed by atoms with Crippen molar-refractivity contribution in [2.75, 3.05) is 28.4 Å². The molecule has 68 heavy (non-hydrogen) atoms. The quantitative estimate of drug-likeness (QED) is 0.0670. The van der Waals surface area contributed by atoms with Crippen molar-refractivity contribution in [1.29, 1.82) is 0 Å². The molecule has 15 nitrogen and oxygen atoms in total. The monoisotopic (exact) mass is 1050 g/mol. The molecule has 0 aliphatic rings. The van der Waals surface area contributed by atoms with E-state index in [1.807, 2.05) is 0 Å². The maximum Gasteiger partial charge on any atom is 0.573 e. The van der Waals surface area contributed by atoms with Gasteiger partial charge >= 0.3 is 31.4 Å². The van der Waals surface area contributed by atoms with Gasteiger partial charge in [0.1, 0.15) is 0 Å². The second-order valence-electron chi connectivity index (χ2n) is 12.5. The predicted octanol–water partition coefficient (Wildman–Crippen LogP) is 10.9. The van der Waals surface area contributed by atoms with Crippen LogP contribution in [0.4, 0.5) is 75.4 Å². The number of nitrogens with one attached hydrogen (secondary N) is 4. The van der Waals surface area contributed by atoms with Gasteiger partial charge in [0.05, 0.1) is 35.4 Å². The van der Waals surface area contributed by atoms with Crippen LogP contribution in [0.2, 0.25) is 0 Å². The highest BCUT2D eigenvalue weighted by Gasteiger charge is 2.35. The summed E-state index contributed by atoms with van der Waals surface area (Å²) in [5, 5.41) is 8.82. The van der Waals surface area contributed by atoms with E-state index in [0.29, 0.717) is 4.47 Å². The SMILES string of the molecule is CC(=O)Nc1ccc(Br)cc1OC(F)(F)F.CC(=O)Nc1ccc(C(C)=O)cc1OC(F)(F)F.CC(=O)Nc1ccccc1OC(F)(F)F.COC(=O)c1ccc(NC(C)=O)c(OC(F)(F)F)c1. The molecule has 0 heterocycles. The molecule has 0 atom stereocenters. The number of anilines is 4. The number of Topliss-reactive ketones (excluding diaryl/α,β-unsaturated/α-hetero) is 1. The first kappa shape index (κ1) is 58.8. The van der Waals surface area contributed by atoms with Crippen LogP contribution < -0.4 is 40.2 Å². The number of amides is 4. The average molecular weight is 1060 g/mol. The molecular weight excluding hydrogens is 1020 g/mol. The highest BCUT2D eigenvalue weighted by atomic mass is 79.9. The molecule has 4 rings (SSSR count). The van der Waals surface area contributed by atoms with E-state index in [0.717, 1.165) is 51.3 Å². The molecule has 0 spiro atoms. The van der Waals surface area contributed by atoms with Gasteiger partial charge in [0.2, 0.25) is 23.6 Å². The lowest BCUT2D eigenvalue weighted by Crippen LogP contribution is -2.19. The van der Waals surface area contributed by atoms with Crippen molar-refractivity contribution >= 4 is 74.1 Å². The molecule has 28 heteroatoms. The van der Waals surface area contributed by atoms with Gasteiger partial charge in [0.15, 0.2) is 28.8 Å². The van der Waals surface area contributed by atoms with Gasteiger partial charge in [-0.05, 0) is 73.7 Å². The number of hydrogen-bond acceptors (Lipinski definition) is 11. The van der Waals surface area contributed by atoms with E-state index >= 15 is 0 Å². The Morgan fingerprint density at radius 1 is 0.426 bits per heavy atom. The summed E-state index contributed by atoms with van der Waals surface area (Å²) in [7, 11) is 1.09. The predicted molar refractivity (Wildman–Crippen MR) is 219 cm³/mol. The van der Waals surface area contributed by atoms with Crippen LogP contribution in [-0.4, -0.2) is 67.9 Å². The molecule has 4 aromatic carbocycles. The van der Waals surface area contributed by atoms with E-state index in [9.17, 15) is 81.5 Å². The van der Waals surface area contributed by atoms with Crippen LogP contribution >= 0.6 is 15.9 Å². The Bertz CT molecular complexity index is 2410. The largest absolute Gasteiger partial charge is 0.573 e. The van der Waals surface area contributed by atoms with Gasteiger partial charge in [0, 0.05) is 37.7 Å². The minimum absolute atomic E-state index is 0.0117. The zero-order chi connectivity index (χ0) is 52.4. The third kappa shape index (κ3) is 24.9. The number of esters is 1. The number of hydrogen-bond donors (Lipinski definition) is 4. The first-order chi connectivity index (χ1) is 31.1. The van der Waals surface area contributed by atoms with E-state index < -0.39 is 83.8 Å². The van der Waals surface area contributed by atoms with E-state index in [2.05, 4.69) is 60.9 Å². The Labute approximate surface area is 384 Å². The molecule has 0 aromatic heterocycles. The van der Waals surface area contributed by atoms with Crippen LogP contribution in [-0.2, 0) is 23.9 Å². The Kier molecular flexibility index (Phi) is 22.1. The number of carbonyl (C=O) groups is 6. The van der Waals surface area contributed by atoms with Gasteiger partial charge in [-0.3, -0.25) is 24.0 Å². The topological polar surface area (TPSA) is 197 Å². The van der Waals surface area contributed by atoms with Gasteiger partial charge in [-0.1, -0.05) is 28.1 Å². The number of methoxy groups -OCH3 is 1. The van der Waals surface area contributed by atoms with Crippen molar-refractivity contribution in [2.45, 2.75) is 60.1 Å². The third-order valence-corrected chi connectivity index (χ3v) is 7.26. The van der Waals surface area contributed by atoms with Crippen molar-refractivity contribution in [3.05, 3.63) is 94.5 Å². The standard InChI is InChI=1S/C11H10F3NO4.C11H10F3NO3.C9H7BrF3NO2.C9H8F3NO2/c1-6(16)15-8-4-3-7(10(17)18-2)5-9(8)19-11(12,13)14;1-6(16)8-3-4-9(15-7(2)17)10(5-8)18-11(12,13)14;1-5(15)14-7-3-2-6(10)4-8(7)16-9(11,12)13;1-6(14)13-7-4-2-3-5-8(7)15-9(10,11)12/h3-5H,1-2H3,(H,15,16);3-5H,1-2H3,(H,15,17);2-4H,1H3,(H,14,15);2-5H,1H3,(H,13,14). The highest BCUT2D eigenvalue weighted by Crippen LogP contribution is 2.35. The first-order valence-corrected chi connectivity index (χ1v) is 18.8. The number of carbonyl (C=O) groups excluding carboxylic acids is 6. The second-order valence-corrected chi connectivity index (χ2v) is 13.4. The summed E-state index contributed by atoms with van der Waals surface area (Å²) in [6.07, 6.45) is -19.4. The fourth-order valence-corrected chi connectivity index (χ4v) is 4.82. The van der Waals surface area contributed by atoms with Crippen LogP contribution in [0, 0.1) is 0 Å². The van der Waals surface area contributed by atoms with E-state index in [-0.39, 0.29) is 33.9 Å². The maximum absolute atomic E-state index is 12.2. The maximum atomic E-state index is 12.2. The molecule has 0 unspecified atom stereocenters. The fraction of sp³-hybridized carbons (Fsp3) is 0.250. The molecule has 4 amide bonds. The first-order valence-electron chi connectivity index (χ1n) is 18.0. The van der Waals surface area contributed by atoms with E-state index in [4.69, 9.17) is 0 Å². The lowest BCUT2D eigenvalue weighted by atomic mass is 10.1. The van der Waals surface area contributed by atoms with Crippen molar-refractivity contribution in [2.24, 2.45) is 0 Å². The normalized spacial score (nSPS) is 10.9. The molecule has 0 bridgehead atoms. The molecule has 372 valence electrons. The van der Waals surface area contributed by atoms with Crippen molar-refractivity contribution in [3.63, 3.8) is 0 Å². The summed E-state index contributed by atoms with van der Waals surface area (Å²) < 4.78 is 165. The summed E-state index contributed by atoms with van der Waals surface area (Å²) in [6, 6.07) is 15.8. The molecular formula is C40H35BrF12N4O11. The third-order valence-electron chi connectivity index (χ3n) is 6.77. The minimum atomic E-state index is -4.94. The Morgan fingerprint density at radius 2 is 0.735 bits per heavy atom. The summed E-state index contributed by atoms with van der Waals surface area (Å²) in [5.41, 5.74) is -0.461. The summed E-state index contributed by atoms with van der Waals surface area (Å²) in [5.74, 6) is -5.48. The smallest absolute Gasteiger partial charge is 0.465 e. The molecule has 0 radical (unpaired) electrons. The van der Waals surface area contributed by atoms with Crippen molar-refractivity contribution in [1.82, 2.24) is 0 Å². The van der Waals surface area contributed by atoms with Gasteiger partial charge in [-0.25, -0.2) is 4.79 Å². The van der Waals surface area contributed by atoms with Crippen molar-refractivity contribution in [3.8, 4) is 23.0 Å². The number of benzene rings is 4. The fourth-order valence-electron chi connectivity index (χ4n) is 4.48. The summed E-state index contributed by atoms with van der Waals surface area (Å²) in [4.78, 5) is 65.4. The van der Waals surface area contributed by atoms with Gasteiger partial charge in [-0.15, -0.1) is 52.7 Å². The summed E-state index contributed by atoms with van der Waals surface area (Å²) in [6.45, 7) is 5.89. The Hall–Kier alpha value is -7.26.